The number of nitrogens with zero attached hydrogens (tertiary/aromatic N) is 3. The molecular formula is C17H18N4. The average molecular weight is 278 g/mol. The molecular weight excluding hydrogens is 260 g/mol. The molecule has 0 fully saturated rings. The Morgan fingerprint density at radius 2 is 1.86 bits per heavy atom. The summed E-state index contributed by atoms with van der Waals surface area (Å²) in [5, 5.41) is 4.65. The van der Waals surface area contributed by atoms with Gasteiger partial charge < -0.3 is 5.32 Å². The molecule has 2 aromatic heterocycles. The Kier molecular flexibility index (Phi) is 3.88. The van der Waals surface area contributed by atoms with E-state index in [1.54, 1.807) is 6.20 Å². The Balaban J connectivity index is 1.76. The molecule has 21 heavy (non-hydrogen) atoms. The monoisotopic (exact) mass is 278 g/mol. The first-order valence-electron chi connectivity index (χ1n) is 7.07. The molecule has 4 heteroatoms. The van der Waals surface area contributed by atoms with Crippen LogP contribution in [0.3, 0.4) is 0 Å². The molecule has 106 valence electrons. The molecule has 0 unspecified atom stereocenters. The van der Waals surface area contributed by atoms with Gasteiger partial charge in [0.2, 0.25) is 0 Å². The summed E-state index contributed by atoms with van der Waals surface area (Å²) in [5.41, 5.74) is 4.37. The highest BCUT2D eigenvalue weighted by atomic mass is 14.9. The third kappa shape index (κ3) is 3.23. The second-order valence-electron chi connectivity index (χ2n) is 5.14. The number of aryl methyl sites for hydroxylation is 2. The maximum absolute atomic E-state index is 4.57. The highest BCUT2D eigenvalue weighted by molar-refractivity contribution is 5.82. The van der Waals surface area contributed by atoms with E-state index in [9.17, 15) is 0 Å². The summed E-state index contributed by atoms with van der Waals surface area (Å²) in [5.74, 6) is 0.805. The minimum Gasteiger partial charge on any atom is -0.307 e. The fourth-order valence-electron chi connectivity index (χ4n) is 2.47. The van der Waals surface area contributed by atoms with Gasteiger partial charge in [0.25, 0.3) is 0 Å². The molecule has 0 spiro atoms. The molecule has 1 N–H and O–H groups in total. The van der Waals surface area contributed by atoms with E-state index in [4.69, 9.17) is 0 Å². The summed E-state index contributed by atoms with van der Waals surface area (Å²) >= 11 is 0. The predicted octanol–water partition coefficient (Wildman–Crippen LogP) is 2.93. The van der Waals surface area contributed by atoms with Crippen molar-refractivity contribution in [3.63, 3.8) is 0 Å². The third-order valence-electron chi connectivity index (χ3n) is 3.39. The Hall–Kier alpha value is -2.33. The minimum absolute atomic E-state index is 0.735. The fourth-order valence-corrected chi connectivity index (χ4v) is 2.47. The van der Waals surface area contributed by atoms with Gasteiger partial charge in [-0.15, -0.1) is 0 Å². The third-order valence-corrected chi connectivity index (χ3v) is 3.39. The van der Waals surface area contributed by atoms with E-state index in [0.717, 1.165) is 35.8 Å². The average Bonchev–Trinajstić information content (AvgIpc) is 2.47. The Bertz CT molecular complexity index is 768. The summed E-state index contributed by atoms with van der Waals surface area (Å²) < 4.78 is 0. The second-order valence-corrected chi connectivity index (χ2v) is 5.14. The first kappa shape index (κ1) is 13.6. The SMILES string of the molecule is Cc1cc(CNCc2ccnc(C)n2)c2ccccc2n1. The number of para-hydroxylation sites is 1. The van der Waals surface area contributed by atoms with Gasteiger partial charge in [-0.1, -0.05) is 18.2 Å². The number of benzene rings is 1. The van der Waals surface area contributed by atoms with Gasteiger partial charge in [0.15, 0.2) is 0 Å². The van der Waals surface area contributed by atoms with Crippen LogP contribution in [0.1, 0.15) is 22.8 Å². The zero-order valence-electron chi connectivity index (χ0n) is 12.3. The molecule has 3 aromatic rings. The normalized spacial score (nSPS) is 11.0. The quantitative estimate of drug-likeness (QED) is 0.797. The number of rotatable bonds is 4. The highest BCUT2D eigenvalue weighted by Gasteiger charge is 2.03. The largest absolute Gasteiger partial charge is 0.307 e. The predicted molar refractivity (Wildman–Crippen MR) is 83.8 cm³/mol. The smallest absolute Gasteiger partial charge is 0.125 e. The van der Waals surface area contributed by atoms with Crippen molar-refractivity contribution in [2.45, 2.75) is 26.9 Å². The van der Waals surface area contributed by atoms with E-state index in [1.807, 2.05) is 26.0 Å². The van der Waals surface area contributed by atoms with Crippen molar-refractivity contribution in [3.8, 4) is 0 Å². The molecule has 0 aliphatic rings. The highest BCUT2D eigenvalue weighted by Crippen LogP contribution is 2.18. The van der Waals surface area contributed by atoms with Crippen LogP contribution in [-0.4, -0.2) is 15.0 Å². The van der Waals surface area contributed by atoms with Crippen molar-refractivity contribution >= 4 is 10.9 Å². The van der Waals surface area contributed by atoms with Crippen LogP contribution in [0.2, 0.25) is 0 Å². The Labute approximate surface area is 124 Å². The zero-order valence-corrected chi connectivity index (χ0v) is 12.3. The van der Waals surface area contributed by atoms with Crippen molar-refractivity contribution in [2.75, 3.05) is 0 Å². The van der Waals surface area contributed by atoms with Crippen molar-refractivity contribution in [3.05, 3.63) is 65.4 Å². The summed E-state index contributed by atoms with van der Waals surface area (Å²) in [7, 11) is 0. The van der Waals surface area contributed by atoms with Gasteiger partial charge in [-0.3, -0.25) is 4.98 Å². The van der Waals surface area contributed by atoms with Crippen LogP contribution in [0.5, 0.6) is 0 Å². The lowest BCUT2D eigenvalue weighted by molar-refractivity contribution is 0.677. The first-order chi connectivity index (χ1) is 10.2. The van der Waals surface area contributed by atoms with Crippen molar-refractivity contribution < 1.29 is 0 Å². The van der Waals surface area contributed by atoms with E-state index >= 15 is 0 Å². The Morgan fingerprint density at radius 1 is 1.00 bits per heavy atom. The lowest BCUT2D eigenvalue weighted by Crippen LogP contribution is -2.14. The standard InChI is InChI=1S/C17H18N4/c1-12-9-14(16-5-3-4-6-17(16)20-12)10-18-11-15-7-8-19-13(2)21-15/h3-9,18H,10-11H2,1-2H3. The maximum atomic E-state index is 4.57. The fraction of sp³-hybridized carbons (Fsp3) is 0.235. The summed E-state index contributed by atoms with van der Waals surface area (Å²) in [6.45, 7) is 5.47. The van der Waals surface area contributed by atoms with Crippen LogP contribution < -0.4 is 5.32 Å². The number of aromatic nitrogens is 3. The van der Waals surface area contributed by atoms with E-state index in [2.05, 4.69) is 44.5 Å². The topological polar surface area (TPSA) is 50.7 Å². The molecule has 0 amide bonds. The number of nitrogens with one attached hydrogen (secondary N) is 1. The van der Waals surface area contributed by atoms with Crippen LogP contribution in [0, 0.1) is 13.8 Å². The summed E-state index contributed by atoms with van der Waals surface area (Å²) in [6, 6.07) is 12.3. The molecule has 1 aromatic carbocycles. The minimum atomic E-state index is 0.735. The number of hydrogen-bond acceptors (Lipinski definition) is 4. The molecule has 0 saturated carbocycles. The molecule has 0 atom stereocenters. The van der Waals surface area contributed by atoms with Crippen LogP contribution in [0.4, 0.5) is 0 Å². The van der Waals surface area contributed by atoms with Crippen molar-refractivity contribution in [1.29, 1.82) is 0 Å². The molecule has 2 heterocycles. The Morgan fingerprint density at radius 3 is 2.71 bits per heavy atom. The lowest BCUT2D eigenvalue weighted by Gasteiger charge is -2.09. The molecule has 0 bridgehead atoms. The van der Waals surface area contributed by atoms with E-state index in [1.165, 1.54) is 10.9 Å². The summed E-state index contributed by atoms with van der Waals surface area (Å²) in [4.78, 5) is 13.1. The van der Waals surface area contributed by atoms with Crippen LogP contribution >= 0.6 is 0 Å². The van der Waals surface area contributed by atoms with Gasteiger partial charge in [0, 0.05) is 30.4 Å². The van der Waals surface area contributed by atoms with Gasteiger partial charge in [-0.25, -0.2) is 9.97 Å². The number of pyridine rings is 1. The molecule has 3 rings (SSSR count). The number of hydrogen-bond donors (Lipinski definition) is 1. The van der Waals surface area contributed by atoms with Gasteiger partial charge in [0.1, 0.15) is 5.82 Å². The van der Waals surface area contributed by atoms with Crippen LogP contribution in [0.25, 0.3) is 10.9 Å². The van der Waals surface area contributed by atoms with Gasteiger partial charge in [0.05, 0.1) is 11.2 Å². The van der Waals surface area contributed by atoms with Gasteiger partial charge in [-0.05, 0) is 37.6 Å². The zero-order chi connectivity index (χ0) is 14.7. The van der Waals surface area contributed by atoms with Crippen LogP contribution in [0.15, 0.2) is 42.6 Å². The van der Waals surface area contributed by atoms with E-state index in [-0.39, 0.29) is 0 Å². The van der Waals surface area contributed by atoms with E-state index < -0.39 is 0 Å². The molecule has 0 aliphatic carbocycles. The first-order valence-corrected chi connectivity index (χ1v) is 7.07. The molecule has 0 saturated heterocycles. The maximum Gasteiger partial charge on any atom is 0.125 e. The van der Waals surface area contributed by atoms with Crippen molar-refractivity contribution in [1.82, 2.24) is 20.3 Å². The van der Waals surface area contributed by atoms with Crippen LogP contribution in [-0.2, 0) is 13.1 Å². The lowest BCUT2D eigenvalue weighted by atomic mass is 10.1. The van der Waals surface area contributed by atoms with E-state index in [0.29, 0.717) is 0 Å². The van der Waals surface area contributed by atoms with Crippen molar-refractivity contribution in [2.24, 2.45) is 0 Å². The number of fused-ring (bicyclic) bond motifs is 1. The second kappa shape index (κ2) is 5.97. The van der Waals surface area contributed by atoms with Gasteiger partial charge in [-0.2, -0.15) is 0 Å². The van der Waals surface area contributed by atoms with Gasteiger partial charge >= 0.3 is 0 Å². The molecule has 0 radical (unpaired) electrons. The molecule has 4 nitrogen and oxygen atoms in total. The summed E-state index contributed by atoms with van der Waals surface area (Å²) in [6.07, 6.45) is 1.80. The molecule has 0 aliphatic heterocycles.